The van der Waals surface area contributed by atoms with E-state index in [4.69, 9.17) is 4.74 Å². The summed E-state index contributed by atoms with van der Waals surface area (Å²) < 4.78 is 9.10. The number of esters is 1. The molecule has 0 bridgehead atoms. The van der Waals surface area contributed by atoms with Crippen LogP contribution in [0.15, 0.2) is 60.8 Å². The number of carbonyl (C=O) groups excluding carboxylic acids is 1. The van der Waals surface area contributed by atoms with Gasteiger partial charge in [-0.25, -0.2) is 4.98 Å². The zero-order chi connectivity index (χ0) is 16.5. The maximum Gasteiger partial charge on any atom is 0.326 e. The van der Waals surface area contributed by atoms with Crippen molar-refractivity contribution in [3.8, 4) is 11.3 Å². The van der Waals surface area contributed by atoms with E-state index in [0.29, 0.717) is 6.61 Å². The number of nitrogens with zero attached hydrogens (tertiary/aromatic N) is 3. The number of aromatic nitrogens is 3. The molecular formula is C19H17N3O2. The normalized spacial score (nSPS) is 11.2. The third-order valence-corrected chi connectivity index (χ3v) is 4.06. The van der Waals surface area contributed by atoms with Crippen LogP contribution >= 0.6 is 0 Å². The summed E-state index contributed by atoms with van der Waals surface area (Å²) in [6, 6.07) is 18.1. The van der Waals surface area contributed by atoms with E-state index < -0.39 is 0 Å². The molecule has 24 heavy (non-hydrogen) atoms. The number of hydrogen-bond donors (Lipinski definition) is 0. The largest absolute Gasteiger partial charge is 0.465 e. The summed E-state index contributed by atoms with van der Waals surface area (Å²) in [5, 5.41) is 0. The first-order valence-electron chi connectivity index (χ1n) is 7.95. The Hall–Kier alpha value is -3.08. The minimum Gasteiger partial charge on any atom is -0.465 e. The number of carbonyl (C=O) groups is 1. The van der Waals surface area contributed by atoms with Crippen LogP contribution in [-0.4, -0.2) is 26.5 Å². The predicted octanol–water partition coefficient (Wildman–Crippen LogP) is 3.52. The molecule has 0 unspecified atom stereocenters. The molecule has 0 saturated carbocycles. The van der Waals surface area contributed by atoms with E-state index in [2.05, 4.69) is 21.5 Å². The van der Waals surface area contributed by atoms with Crippen molar-refractivity contribution in [2.24, 2.45) is 0 Å². The fraction of sp³-hybridized carbons (Fsp3) is 0.158. The first kappa shape index (κ1) is 14.5. The summed E-state index contributed by atoms with van der Waals surface area (Å²) in [5.41, 5.74) is 4.08. The molecule has 5 heteroatoms. The molecule has 0 radical (unpaired) electrons. The minimum absolute atomic E-state index is 0.149. The van der Waals surface area contributed by atoms with E-state index in [0.717, 1.165) is 28.1 Å². The molecule has 0 amide bonds. The molecule has 0 aliphatic heterocycles. The highest BCUT2D eigenvalue weighted by Crippen LogP contribution is 2.27. The molecule has 2 aromatic carbocycles. The van der Waals surface area contributed by atoms with Gasteiger partial charge in [0, 0.05) is 5.56 Å². The minimum atomic E-state index is -0.259. The van der Waals surface area contributed by atoms with E-state index in [1.807, 2.05) is 60.2 Å². The highest BCUT2D eigenvalue weighted by Gasteiger charge is 2.18. The van der Waals surface area contributed by atoms with E-state index in [1.54, 1.807) is 0 Å². The van der Waals surface area contributed by atoms with Gasteiger partial charge in [-0.2, -0.15) is 0 Å². The van der Waals surface area contributed by atoms with Crippen LogP contribution in [0.25, 0.3) is 28.1 Å². The Morgan fingerprint density at radius 3 is 2.50 bits per heavy atom. The summed E-state index contributed by atoms with van der Waals surface area (Å²) in [7, 11) is 0. The van der Waals surface area contributed by atoms with Crippen LogP contribution in [0.2, 0.25) is 0 Å². The van der Waals surface area contributed by atoms with E-state index in [9.17, 15) is 4.79 Å². The van der Waals surface area contributed by atoms with Gasteiger partial charge < -0.3 is 4.74 Å². The molecule has 0 saturated heterocycles. The number of ether oxygens (including phenoxy) is 1. The monoisotopic (exact) mass is 319 g/mol. The molecule has 0 spiro atoms. The topological polar surface area (TPSA) is 48.5 Å². The smallest absolute Gasteiger partial charge is 0.326 e. The summed E-state index contributed by atoms with van der Waals surface area (Å²) >= 11 is 0. The lowest BCUT2D eigenvalue weighted by molar-refractivity contribution is -0.143. The Bertz CT molecular complexity index is 1020. The lowest BCUT2D eigenvalue weighted by Crippen LogP contribution is -2.13. The highest BCUT2D eigenvalue weighted by molar-refractivity contribution is 5.86. The third kappa shape index (κ3) is 2.25. The van der Waals surface area contributed by atoms with Crippen LogP contribution in [0.1, 0.15) is 6.92 Å². The summed E-state index contributed by atoms with van der Waals surface area (Å²) in [5.74, 6) is 0.480. The first-order valence-corrected chi connectivity index (χ1v) is 7.95. The lowest BCUT2D eigenvalue weighted by atomic mass is 10.2. The van der Waals surface area contributed by atoms with E-state index in [-0.39, 0.29) is 12.5 Å². The Morgan fingerprint density at radius 2 is 1.75 bits per heavy atom. The molecule has 2 aromatic heterocycles. The van der Waals surface area contributed by atoms with Crippen molar-refractivity contribution in [1.29, 1.82) is 0 Å². The van der Waals surface area contributed by atoms with Crippen molar-refractivity contribution in [1.82, 2.24) is 14.0 Å². The van der Waals surface area contributed by atoms with Crippen LogP contribution in [0.5, 0.6) is 0 Å². The molecule has 0 fully saturated rings. The average Bonchev–Trinajstić information content (AvgIpc) is 3.16. The molecule has 0 N–H and O–H groups in total. The van der Waals surface area contributed by atoms with Gasteiger partial charge in [-0.1, -0.05) is 42.5 Å². The number of hydrogen-bond acceptors (Lipinski definition) is 3. The Kier molecular flexibility index (Phi) is 3.54. The summed E-state index contributed by atoms with van der Waals surface area (Å²) in [6.07, 6.45) is 1.85. The maximum atomic E-state index is 12.0. The SMILES string of the molecule is CCOC(=O)Cn1c2ccccc2n2c(-c3ccccc3)cnc12. The molecule has 4 rings (SSSR count). The van der Waals surface area contributed by atoms with Gasteiger partial charge in [0.2, 0.25) is 5.78 Å². The molecule has 0 aliphatic rings. The standard InChI is InChI=1S/C19H17N3O2/c1-2-24-18(23)13-21-15-10-6-7-11-16(15)22-17(12-20-19(21)22)14-8-4-3-5-9-14/h3-12H,2,13H2,1H3. The number of fused-ring (bicyclic) bond motifs is 3. The number of imidazole rings is 2. The van der Waals surface area contributed by atoms with Gasteiger partial charge in [0.05, 0.1) is 29.5 Å². The summed E-state index contributed by atoms with van der Waals surface area (Å²) in [6.45, 7) is 2.33. The van der Waals surface area contributed by atoms with Crippen molar-refractivity contribution < 1.29 is 9.53 Å². The predicted molar refractivity (Wildman–Crippen MR) is 92.8 cm³/mol. The van der Waals surface area contributed by atoms with Gasteiger partial charge in [0.1, 0.15) is 6.54 Å². The molecular weight excluding hydrogens is 302 g/mol. The quantitative estimate of drug-likeness (QED) is 0.541. The average molecular weight is 319 g/mol. The van der Waals surface area contributed by atoms with E-state index in [1.165, 1.54) is 0 Å². The van der Waals surface area contributed by atoms with E-state index >= 15 is 0 Å². The summed E-state index contributed by atoms with van der Waals surface area (Å²) in [4.78, 5) is 16.6. The Balaban J connectivity index is 1.96. The van der Waals surface area contributed by atoms with Crippen molar-refractivity contribution >= 4 is 22.8 Å². The maximum absolute atomic E-state index is 12.0. The van der Waals surface area contributed by atoms with Gasteiger partial charge in [-0.05, 0) is 19.1 Å². The second kappa shape index (κ2) is 5.85. The molecule has 4 aromatic rings. The molecule has 0 atom stereocenters. The van der Waals surface area contributed by atoms with Crippen LogP contribution in [0, 0.1) is 0 Å². The molecule has 5 nitrogen and oxygen atoms in total. The van der Waals surface area contributed by atoms with Crippen LogP contribution in [0.4, 0.5) is 0 Å². The van der Waals surface area contributed by atoms with Crippen molar-refractivity contribution in [3.63, 3.8) is 0 Å². The van der Waals surface area contributed by atoms with Crippen molar-refractivity contribution in [3.05, 3.63) is 60.8 Å². The third-order valence-electron chi connectivity index (χ3n) is 4.06. The lowest BCUT2D eigenvalue weighted by Gasteiger charge is -2.04. The Morgan fingerprint density at radius 1 is 1.04 bits per heavy atom. The molecule has 120 valence electrons. The van der Waals surface area contributed by atoms with Crippen LogP contribution < -0.4 is 0 Å². The fourth-order valence-corrected chi connectivity index (χ4v) is 3.06. The number of para-hydroxylation sites is 2. The van der Waals surface area contributed by atoms with Gasteiger partial charge in [0.15, 0.2) is 0 Å². The van der Waals surface area contributed by atoms with Crippen molar-refractivity contribution in [2.45, 2.75) is 13.5 Å². The second-order valence-corrected chi connectivity index (χ2v) is 5.52. The van der Waals surface area contributed by atoms with Crippen LogP contribution in [-0.2, 0) is 16.1 Å². The molecule has 0 aliphatic carbocycles. The Labute approximate surface area is 139 Å². The van der Waals surface area contributed by atoms with Gasteiger partial charge in [-0.3, -0.25) is 13.8 Å². The van der Waals surface area contributed by atoms with Gasteiger partial charge in [-0.15, -0.1) is 0 Å². The zero-order valence-corrected chi connectivity index (χ0v) is 13.3. The van der Waals surface area contributed by atoms with Gasteiger partial charge in [0.25, 0.3) is 0 Å². The van der Waals surface area contributed by atoms with Gasteiger partial charge >= 0.3 is 5.97 Å². The second-order valence-electron chi connectivity index (χ2n) is 5.52. The van der Waals surface area contributed by atoms with Crippen molar-refractivity contribution in [2.75, 3.05) is 6.61 Å². The fourth-order valence-electron chi connectivity index (χ4n) is 3.06. The first-order chi connectivity index (χ1) is 11.8. The van der Waals surface area contributed by atoms with Crippen LogP contribution in [0.3, 0.4) is 0 Å². The zero-order valence-electron chi connectivity index (χ0n) is 13.3. The highest BCUT2D eigenvalue weighted by atomic mass is 16.5. The molecule has 2 heterocycles. The number of benzene rings is 2. The number of rotatable bonds is 4.